The topological polar surface area (TPSA) is 83.5 Å². The van der Waals surface area contributed by atoms with Crippen LogP contribution in [0.5, 0.6) is 11.5 Å². The molecule has 7 unspecified atom stereocenters. The normalized spacial score (nSPS) is 39.4. The Hall–Kier alpha value is -2.35. The molecule has 1 aromatic carbocycles. The molecule has 7 atom stereocenters. The molecule has 7 heteroatoms. The Morgan fingerprint density at radius 3 is 2.53 bits per heavy atom. The van der Waals surface area contributed by atoms with Gasteiger partial charge in [-0.3, -0.25) is 0 Å². The summed E-state index contributed by atoms with van der Waals surface area (Å²) in [5, 5.41) is 10.2. The molecule has 4 aliphatic rings. The second kappa shape index (κ2) is 9.51. The molecule has 36 heavy (non-hydrogen) atoms. The van der Waals surface area contributed by atoms with Crippen molar-refractivity contribution < 1.29 is 33.6 Å². The van der Waals surface area contributed by atoms with E-state index in [1.165, 1.54) is 5.57 Å². The molecule has 2 saturated carbocycles. The Morgan fingerprint density at radius 1 is 1.17 bits per heavy atom. The third-order valence-corrected chi connectivity index (χ3v) is 9.39. The molecule has 0 amide bonds. The molecule has 1 aromatic rings. The van der Waals surface area contributed by atoms with Gasteiger partial charge in [-0.05, 0) is 61.5 Å². The third kappa shape index (κ3) is 3.96. The van der Waals surface area contributed by atoms with Crippen LogP contribution in [0, 0.1) is 22.7 Å². The number of aliphatic hydroxyl groups is 1. The van der Waals surface area contributed by atoms with Crippen molar-refractivity contribution in [2.75, 3.05) is 27.4 Å². The lowest BCUT2D eigenvalue weighted by molar-refractivity contribution is -0.307. The van der Waals surface area contributed by atoms with E-state index in [1.54, 1.807) is 14.2 Å². The SMILES string of the molecule is C=C1CCC2C3(C)COC(c4c(OC)cccc4OC)OC3CCC2(C)C1C/C=C1/C(=O)OCC1O. The molecule has 5 rings (SSSR count). The van der Waals surface area contributed by atoms with Crippen LogP contribution in [0.1, 0.15) is 57.8 Å². The van der Waals surface area contributed by atoms with Gasteiger partial charge < -0.3 is 28.8 Å². The first-order valence-corrected chi connectivity index (χ1v) is 12.9. The molecule has 2 aliphatic carbocycles. The van der Waals surface area contributed by atoms with Gasteiger partial charge in [-0.15, -0.1) is 0 Å². The number of cyclic esters (lactones) is 1. The number of benzene rings is 1. The summed E-state index contributed by atoms with van der Waals surface area (Å²) in [6, 6.07) is 5.70. The number of rotatable bonds is 5. The number of fused-ring (bicyclic) bond motifs is 3. The molecular weight excluding hydrogens is 460 g/mol. The van der Waals surface area contributed by atoms with Crippen molar-refractivity contribution >= 4 is 5.97 Å². The van der Waals surface area contributed by atoms with Crippen LogP contribution in [-0.2, 0) is 19.0 Å². The number of carbonyl (C=O) groups is 1. The number of aliphatic hydroxyl groups excluding tert-OH is 1. The van der Waals surface area contributed by atoms with Gasteiger partial charge in [0, 0.05) is 5.41 Å². The zero-order chi connectivity index (χ0) is 25.7. The maximum absolute atomic E-state index is 12.1. The van der Waals surface area contributed by atoms with Gasteiger partial charge in [0.2, 0.25) is 0 Å². The van der Waals surface area contributed by atoms with Crippen molar-refractivity contribution in [2.24, 2.45) is 22.7 Å². The minimum absolute atomic E-state index is 0.00715. The highest BCUT2D eigenvalue weighted by Crippen LogP contribution is 2.64. The Bertz CT molecular complexity index is 1040. The smallest absolute Gasteiger partial charge is 0.336 e. The number of carbonyl (C=O) groups excluding carboxylic acids is 1. The predicted molar refractivity (Wildman–Crippen MR) is 134 cm³/mol. The van der Waals surface area contributed by atoms with Gasteiger partial charge in [-0.25, -0.2) is 4.79 Å². The van der Waals surface area contributed by atoms with Gasteiger partial charge in [0.25, 0.3) is 0 Å². The second-order valence-electron chi connectivity index (χ2n) is 11.2. The van der Waals surface area contributed by atoms with Crippen molar-refractivity contribution in [1.29, 1.82) is 0 Å². The van der Waals surface area contributed by atoms with Crippen molar-refractivity contribution in [1.82, 2.24) is 0 Å². The molecule has 196 valence electrons. The van der Waals surface area contributed by atoms with E-state index in [9.17, 15) is 9.90 Å². The molecule has 2 heterocycles. The van der Waals surface area contributed by atoms with Gasteiger partial charge >= 0.3 is 5.97 Å². The summed E-state index contributed by atoms with van der Waals surface area (Å²) < 4.78 is 29.3. The zero-order valence-corrected chi connectivity index (χ0v) is 21.7. The van der Waals surface area contributed by atoms with Crippen LogP contribution in [-0.4, -0.2) is 50.7 Å². The van der Waals surface area contributed by atoms with Gasteiger partial charge in [0.05, 0.1) is 38.1 Å². The molecule has 0 bridgehead atoms. The quantitative estimate of drug-likeness (QED) is 0.357. The monoisotopic (exact) mass is 498 g/mol. The maximum Gasteiger partial charge on any atom is 0.336 e. The highest BCUT2D eigenvalue weighted by atomic mass is 16.7. The summed E-state index contributed by atoms with van der Waals surface area (Å²) in [6.07, 6.45) is 5.10. The first kappa shape index (κ1) is 25.3. The minimum Gasteiger partial charge on any atom is -0.496 e. The van der Waals surface area contributed by atoms with E-state index in [0.717, 1.165) is 31.2 Å². The van der Waals surface area contributed by atoms with Crippen LogP contribution >= 0.6 is 0 Å². The van der Waals surface area contributed by atoms with Gasteiger partial charge in [-0.1, -0.05) is 38.1 Å². The molecule has 4 fully saturated rings. The molecule has 1 N–H and O–H groups in total. The van der Waals surface area contributed by atoms with E-state index in [4.69, 9.17) is 23.7 Å². The van der Waals surface area contributed by atoms with Crippen LogP contribution in [0.25, 0.3) is 0 Å². The number of hydrogen-bond acceptors (Lipinski definition) is 7. The number of hydrogen-bond donors (Lipinski definition) is 1. The van der Waals surface area contributed by atoms with Gasteiger partial charge in [0.15, 0.2) is 6.29 Å². The van der Waals surface area contributed by atoms with Crippen molar-refractivity contribution in [2.45, 2.75) is 64.4 Å². The van der Waals surface area contributed by atoms with E-state index in [2.05, 4.69) is 20.4 Å². The number of ether oxygens (including phenoxy) is 5. The first-order valence-electron chi connectivity index (χ1n) is 12.9. The summed E-state index contributed by atoms with van der Waals surface area (Å²) >= 11 is 0. The molecule has 7 nitrogen and oxygen atoms in total. The van der Waals surface area contributed by atoms with Crippen LogP contribution in [0.3, 0.4) is 0 Å². The van der Waals surface area contributed by atoms with Crippen molar-refractivity contribution in [3.63, 3.8) is 0 Å². The van der Waals surface area contributed by atoms with E-state index >= 15 is 0 Å². The number of allylic oxidation sites excluding steroid dienone is 2. The average molecular weight is 499 g/mol. The standard InChI is InChI=1S/C29H38O7/c1-17-9-12-23-28(2,19(17)11-10-18-20(30)15-34-26(18)31)14-13-24-29(23,3)16-35-27(36-24)25-21(32-4)7-6-8-22(25)33-5/h6-8,10,19-20,23-24,27,30H,1,9,11-16H2,2-5H3/b18-10+. The molecule has 2 aliphatic heterocycles. The Labute approximate surface area is 213 Å². The largest absolute Gasteiger partial charge is 0.496 e. The van der Waals surface area contributed by atoms with E-state index in [-0.39, 0.29) is 29.5 Å². The van der Waals surface area contributed by atoms with E-state index in [0.29, 0.717) is 36.0 Å². The van der Waals surface area contributed by atoms with Gasteiger partial charge in [0.1, 0.15) is 24.2 Å². The number of methoxy groups -OCH3 is 2. The summed E-state index contributed by atoms with van der Waals surface area (Å²) in [6.45, 7) is 9.73. The van der Waals surface area contributed by atoms with Crippen LogP contribution in [0.4, 0.5) is 0 Å². The van der Waals surface area contributed by atoms with Crippen molar-refractivity contribution in [3.05, 3.63) is 47.6 Å². The molecule has 0 aromatic heterocycles. The first-order chi connectivity index (χ1) is 17.2. The molecular formula is C29H38O7. The maximum atomic E-state index is 12.1. The zero-order valence-electron chi connectivity index (χ0n) is 21.7. The summed E-state index contributed by atoms with van der Waals surface area (Å²) in [4.78, 5) is 12.1. The van der Waals surface area contributed by atoms with Crippen LogP contribution < -0.4 is 9.47 Å². The fourth-order valence-corrected chi connectivity index (χ4v) is 7.46. The second-order valence-corrected chi connectivity index (χ2v) is 11.2. The Morgan fingerprint density at radius 2 is 1.89 bits per heavy atom. The lowest BCUT2D eigenvalue weighted by Gasteiger charge is -2.62. The molecule has 0 radical (unpaired) electrons. The van der Waals surface area contributed by atoms with Crippen molar-refractivity contribution in [3.8, 4) is 11.5 Å². The fraction of sp³-hybridized carbons (Fsp3) is 0.621. The predicted octanol–water partition coefficient (Wildman–Crippen LogP) is 4.74. The van der Waals surface area contributed by atoms with Crippen LogP contribution in [0.15, 0.2) is 42.0 Å². The summed E-state index contributed by atoms with van der Waals surface area (Å²) in [5.74, 6) is 1.57. The average Bonchev–Trinajstić information content (AvgIpc) is 3.19. The fourth-order valence-electron chi connectivity index (χ4n) is 7.46. The lowest BCUT2D eigenvalue weighted by Crippen LogP contribution is -2.60. The highest BCUT2D eigenvalue weighted by molar-refractivity contribution is 5.91. The van der Waals surface area contributed by atoms with Crippen LogP contribution in [0.2, 0.25) is 0 Å². The lowest BCUT2D eigenvalue weighted by atomic mass is 9.46. The van der Waals surface area contributed by atoms with E-state index in [1.807, 2.05) is 24.3 Å². The summed E-state index contributed by atoms with van der Waals surface area (Å²) in [5.41, 5.74) is 2.24. The Kier molecular flexibility index (Phi) is 6.68. The van der Waals surface area contributed by atoms with E-state index < -0.39 is 18.4 Å². The highest BCUT2D eigenvalue weighted by Gasteiger charge is 2.60. The molecule has 0 spiro atoms. The summed E-state index contributed by atoms with van der Waals surface area (Å²) in [7, 11) is 3.29. The minimum atomic E-state index is -0.838. The third-order valence-electron chi connectivity index (χ3n) is 9.39. The number of esters is 1. The van der Waals surface area contributed by atoms with Gasteiger partial charge in [-0.2, -0.15) is 0 Å². The Balaban J connectivity index is 1.40. The molecule has 2 saturated heterocycles.